The van der Waals surface area contributed by atoms with Crippen molar-refractivity contribution in [2.75, 3.05) is 11.5 Å². The molecular formula is C16H22N2O5. The van der Waals surface area contributed by atoms with E-state index in [1.54, 1.807) is 13.0 Å². The summed E-state index contributed by atoms with van der Waals surface area (Å²) in [5.41, 5.74) is 0.175. The summed E-state index contributed by atoms with van der Waals surface area (Å²) in [5, 5.41) is 10.9. The van der Waals surface area contributed by atoms with E-state index in [1.807, 2.05) is 6.92 Å². The molecular weight excluding hydrogens is 300 g/mol. The highest BCUT2D eigenvalue weighted by Crippen LogP contribution is 2.24. The predicted octanol–water partition coefficient (Wildman–Crippen LogP) is 3.07. The molecule has 1 aromatic rings. The summed E-state index contributed by atoms with van der Waals surface area (Å²) in [5.74, 6) is -0.868. The lowest BCUT2D eigenvalue weighted by atomic mass is 10.1. The molecule has 0 saturated carbocycles. The van der Waals surface area contributed by atoms with Crippen LogP contribution in [-0.2, 0) is 14.3 Å². The zero-order valence-corrected chi connectivity index (χ0v) is 13.7. The molecule has 23 heavy (non-hydrogen) atoms. The van der Waals surface area contributed by atoms with Crippen molar-refractivity contribution < 1.29 is 19.2 Å². The number of carbonyl (C=O) groups excluding carboxylic acids is 2. The molecule has 0 spiro atoms. The number of esters is 1. The lowest BCUT2D eigenvalue weighted by Crippen LogP contribution is -2.45. The molecule has 0 aliphatic carbocycles. The van der Waals surface area contributed by atoms with Crippen molar-refractivity contribution in [2.24, 2.45) is 0 Å². The Labute approximate surface area is 135 Å². The molecule has 1 unspecified atom stereocenters. The molecule has 1 aromatic carbocycles. The number of hydrogen-bond acceptors (Lipinski definition) is 5. The van der Waals surface area contributed by atoms with Crippen molar-refractivity contribution in [3.63, 3.8) is 0 Å². The summed E-state index contributed by atoms with van der Waals surface area (Å²) < 4.78 is 5.20. The van der Waals surface area contributed by atoms with Gasteiger partial charge in [-0.3, -0.25) is 19.8 Å². The Balaban J connectivity index is 3.07. The summed E-state index contributed by atoms with van der Waals surface area (Å²) in [6.45, 7) is 5.36. The third kappa shape index (κ3) is 5.05. The summed E-state index contributed by atoms with van der Waals surface area (Å²) >= 11 is 0. The third-order valence-electron chi connectivity index (χ3n) is 3.37. The Morgan fingerprint density at radius 2 is 2.04 bits per heavy atom. The smallest absolute Gasteiger partial charge is 0.329 e. The number of amides is 1. The van der Waals surface area contributed by atoms with Crippen LogP contribution in [0, 0.1) is 10.1 Å². The van der Waals surface area contributed by atoms with Gasteiger partial charge in [-0.25, -0.2) is 4.79 Å². The van der Waals surface area contributed by atoms with Gasteiger partial charge < -0.3 is 4.74 Å². The van der Waals surface area contributed by atoms with Gasteiger partial charge >= 0.3 is 5.97 Å². The SMILES string of the molecule is CCCCOC(=O)C(CC)N(C(C)=O)c1cccc([N+](=O)[O-])c1. The van der Waals surface area contributed by atoms with Crippen LogP contribution < -0.4 is 4.90 Å². The number of ether oxygens (including phenoxy) is 1. The summed E-state index contributed by atoms with van der Waals surface area (Å²) in [6, 6.07) is 4.87. The lowest BCUT2D eigenvalue weighted by Gasteiger charge is -2.28. The van der Waals surface area contributed by atoms with Crippen LogP contribution in [0.4, 0.5) is 11.4 Å². The molecule has 7 nitrogen and oxygen atoms in total. The summed E-state index contributed by atoms with van der Waals surface area (Å²) in [6.07, 6.45) is 2.00. The zero-order valence-electron chi connectivity index (χ0n) is 13.7. The highest BCUT2D eigenvalue weighted by atomic mass is 16.6. The maximum Gasteiger partial charge on any atom is 0.329 e. The zero-order chi connectivity index (χ0) is 17.4. The van der Waals surface area contributed by atoms with Crippen molar-refractivity contribution in [3.8, 4) is 0 Å². The molecule has 0 saturated heterocycles. The Hall–Kier alpha value is -2.44. The fourth-order valence-electron chi connectivity index (χ4n) is 2.21. The molecule has 0 bridgehead atoms. The Bertz CT molecular complexity index is 573. The Kier molecular flexibility index (Phi) is 7.18. The average molecular weight is 322 g/mol. The number of rotatable bonds is 8. The van der Waals surface area contributed by atoms with Crippen LogP contribution in [0.5, 0.6) is 0 Å². The first-order valence-corrected chi connectivity index (χ1v) is 7.63. The normalized spacial score (nSPS) is 11.6. The average Bonchev–Trinajstić information content (AvgIpc) is 2.52. The van der Waals surface area contributed by atoms with Crippen molar-refractivity contribution in [2.45, 2.75) is 46.1 Å². The molecule has 1 amide bonds. The van der Waals surface area contributed by atoms with E-state index in [0.717, 1.165) is 12.8 Å². The second-order valence-electron chi connectivity index (χ2n) is 5.11. The molecule has 1 atom stereocenters. The Morgan fingerprint density at radius 1 is 1.35 bits per heavy atom. The van der Waals surface area contributed by atoms with Gasteiger partial charge in [-0.2, -0.15) is 0 Å². The molecule has 0 heterocycles. The van der Waals surface area contributed by atoms with E-state index >= 15 is 0 Å². The van der Waals surface area contributed by atoms with E-state index in [-0.39, 0.29) is 11.6 Å². The van der Waals surface area contributed by atoms with Gasteiger partial charge in [0.25, 0.3) is 5.69 Å². The van der Waals surface area contributed by atoms with Crippen LogP contribution in [0.3, 0.4) is 0 Å². The second-order valence-corrected chi connectivity index (χ2v) is 5.11. The highest BCUT2D eigenvalue weighted by Gasteiger charge is 2.29. The predicted molar refractivity (Wildman–Crippen MR) is 86.2 cm³/mol. The van der Waals surface area contributed by atoms with Crippen LogP contribution in [0.25, 0.3) is 0 Å². The minimum absolute atomic E-state index is 0.136. The number of unbranched alkanes of at least 4 members (excludes halogenated alkanes) is 1. The van der Waals surface area contributed by atoms with Gasteiger partial charge in [-0.15, -0.1) is 0 Å². The van der Waals surface area contributed by atoms with Crippen LogP contribution in [0.15, 0.2) is 24.3 Å². The molecule has 0 radical (unpaired) electrons. The first-order valence-electron chi connectivity index (χ1n) is 7.63. The molecule has 0 aromatic heterocycles. The molecule has 0 fully saturated rings. The molecule has 7 heteroatoms. The molecule has 0 aliphatic heterocycles. The van der Waals surface area contributed by atoms with Gasteiger partial charge in [0.15, 0.2) is 0 Å². The van der Waals surface area contributed by atoms with E-state index in [4.69, 9.17) is 4.74 Å². The van der Waals surface area contributed by atoms with Crippen LogP contribution in [0.1, 0.15) is 40.0 Å². The number of non-ortho nitro benzene ring substituents is 1. The summed E-state index contributed by atoms with van der Waals surface area (Å²) in [7, 11) is 0. The van der Waals surface area contributed by atoms with Crippen molar-refractivity contribution in [1.29, 1.82) is 0 Å². The van der Waals surface area contributed by atoms with E-state index in [1.165, 1.54) is 30.0 Å². The maximum absolute atomic E-state index is 12.2. The number of anilines is 1. The third-order valence-corrected chi connectivity index (χ3v) is 3.37. The first kappa shape index (κ1) is 18.6. The van der Waals surface area contributed by atoms with Gasteiger partial charge in [0.2, 0.25) is 5.91 Å². The van der Waals surface area contributed by atoms with Crippen molar-refractivity contribution in [3.05, 3.63) is 34.4 Å². The van der Waals surface area contributed by atoms with Crippen molar-refractivity contribution >= 4 is 23.3 Å². The molecule has 0 N–H and O–H groups in total. The van der Waals surface area contributed by atoms with Crippen molar-refractivity contribution in [1.82, 2.24) is 0 Å². The van der Waals surface area contributed by atoms with Crippen LogP contribution in [-0.4, -0.2) is 29.4 Å². The van der Waals surface area contributed by atoms with Gasteiger partial charge in [-0.1, -0.05) is 26.3 Å². The quantitative estimate of drug-likeness (QED) is 0.317. The van der Waals surface area contributed by atoms with Gasteiger partial charge in [0.05, 0.1) is 17.2 Å². The minimum atomic E-state index is -0.800. The van der Waals surface area contributed by atoms with Gasteiger partial charge in [0.1, 0.15) is 6.04 Å². The largest absolute Gasteiger partial charge is 0.464 e. The van der Waals surface area contributed by atoms with E-state index in [0.29, 0.717) is 18.7 Å². The topological polar surface area (TPSA) is 89.8 Å². The highest BCUT2D eigenvalue weighted by molar-refractivity contribution is 5.98. The number of nitro groups is 1. The molecule has 126 valence electrons. The number of benzene rings is 1. The fraction of sp³-hybridized carbons (Fsp3) is 0.500. The maximum atomic E-state index is 12.2. The van der Waals surface area contributed by atoms with Gasteiger partial charge in [0, 0.05) is 19.1 Å². The van der Waals surface area contributed by atoms with E-state index in [2.05, 4.69) is 0 Å². The number of hydrogen-bond donors (Lipinski definition) is 0. The summed E-state index contributed by atoms with van der Waals surface area (Å²) in [4.78, 5) is 35.9. The standard InChI is InChI=1S/C16H22N2O5/c1-4-6-10-23-16(20)15(5-2)17(12(3)19)13-8-7-9-14(11-13)18(21)22/h7-9,11,15H,4-6,10H2,1-3H3. The Morgan fingerprint density at radius 3 is 2.57 bits per heavy atom. The van der Waals surface area contributed by atoms with E-state index in [9.17, 15) is 19.7 Å². The van der Waals surface area contributed by atoms with Crippen LogP contribution in [0.2, 0.25) is 0 Å². The number of carbonyl (C=O) groups is 2. The van der Waals surface area contributed by atoms with E-state index < -0.39 is 16.9 Å². The second kappa shape index (κ2) is 8.87. The number of nitrogens with zero attached hydrogens (tertiary/aromatic N) is 2. The first-order chi connectivity index (χ1) is 10.9. The lowest BCUT2D eigenvalue weighted by molar-refractivity contribution is -0.384. The molecule has 1 rings (SSSR count). The molecule has 0 aliphatic rings. The van der Waals surface area contributed by atoms with Gasteiger partial charge in [-0.05, 0) is 18.9 Å². The monoisotopic (exact) mass is 322 g/mol. The minimum Gasteiger partial charge on any atom is -0.464 e. The number of nitro benzene ring substituents is 1. The fourth-order valence-corrected chi connectivity index (χ4v) is 2.21. The van der Waals surface area contributed by atoms with Crippen LogP contribution >= 0.6 is 0 Å².